The van der Waals surface area contributed by atoms with Gasteiger partial charge in [-0.05, 0) is 23.4 Å². The van der Waals surface area contributed by atoms with Crippen LogP contribution >= 0.6 is 11.3 Å². The third-order valence-electron chi connectivity index (χ3n) is 4.61. The molecule has 3 aromatic heterocycles. The van der Waals surface area contributed by atoms with E-state index in [1.54, 1.807) is 6.07 Å². The predicted octanol–water partition coefficient (Wildman–Crippen LogP) is 3.34. The molecule has 0 bridgehead atoms. The van der Waals surface area contributed by atoms with Gasteiger partial charge in [-0.1, -0.05) is 25.1 Å². The molecule has 32 heavy (non-hydrogen) atoms. The van der Waals surface area contributed by atoms with E-state index in [0.717, 1.165) is 4.88 Å². The minimum absolute atomic E-state index is 0.0104. The molecule has 0 radical (unpaired) electrons. The molecule has 0 spiro atoms. The normalized spacial score (nSPS) is 10.8. The van der Waals surface area contributed by atoms with Crippen molar-refractivity contribution >= 4 is 28.7 Å². The van der Waals surface area contributed by atoms with Gasteiger partial charge in [0.2, 0.25) is 11.9 Å². The Balaban J connectivity index is 1.65. The summed E-state index contributed by atoms with van der Waals surface area (Å²) in [5.74, 6) is 0.200. The van der Waals surface area contributed by atoms with E-state index >= 15 is 0 Å². The Morgan fingerprint density at radius 3 is 2.69 bits per heavy atom. The highest BCUT2D eigenvalue weighted by Gasteiger charge is 2.17. The van der Waals surface area contributed by atoms with Crippen LogP contribution in [0.2, 0.25) is 0 Å². The van der Waals surface area contributed by atoms with Crippen molar-refractivity contribution in [3.05, 3.63) is 85.6 Å². The molecule has 0 unspecified atom stereocenters. The molecule has 2 N–H and O–H groups in total. The van der Waals surface area contributed by atoms with Gasteiger partial charge in [0.05, 0.1) is 16.2 Å². The predicted molar refractivity (Wildman–Crippen MR) is 120 cm³/mol. The van der Waals surface area contributed by atoms with Gasteiger partial charge in [0.1, 0.15) is 11.5 Å². The van der Waals surface area contributed by atoms with Crippen molar-refractivity contribution in [2.75, 3.05) is 5.32 Å². The number of aryl methyl sites for hydroxylation is 1. The highest BCUT2D eigenvalue weighted by Crippen LogP contribution is 2.27. The van der Waals surface area contributed by atoms with Gasteiger partial charge in [-0.15, -0.1) is 11.3 Å². The van der Waals surface area contributed by atoms with Crippen LogP contribution < -0.4 is 10.9 Å². The lowest BCUT2D eigenvalue weighted by Crippen LogP contribution is -2.20. The minimum Gasteiger partial charge on any atom is -0.310 e. The summed E-state index contributed by atoms with van der Waals surface area (Å²) in [6.07, 6.45) is 0.578. The SMILES string of the molecule is CCc1cc(=O)[nH]c(-n2nc(-c3cccs3)cc2NC(=O)Cc2ccc([N+](=O)[O-])cc2)n1. The number of nitro groups is 1. The monoisotopic (exact) mass is 450 g/mol. The number of aromatic nitrogens is 4. The molecule has 4 rings (SSSR count). The molecule has 3 heterocycles. The van der Waals surface area contributed by atoms with Crippen LogP contribution in [0, 0.1) is 10.1 Å². The highest BCUT2D eigenvalue weighted by atomic mass is 32.1. The number of non-ortho nitro benzene ring substituents is 1. The molecule has 0 saturated heterocycles. The van der Waals surface area contributed by atoms with Gasteiger partial charge in [0.25, 0.3) is 11.2 Å². The number of hydrogen-bond acceptors (Lipinski definition) is 7. The van der Waals surface area contributed by atoms with Gasteiger partial charge in [0.15, 0.2) is 0 Å². The van der Waals surface area contributed by atoms with Crippen molar-refractivity contribution in [2.24, 2.45) is 0 Å². The number of benzene rings is 1. The number of hydrogen-bond donors (Lipinski definition) is 2. The van der Waals surface area contributed by atoms with Crippen LogP contribution in [-0.4, -0.2) is 30.6 Å². The summed E-state index contributed by atoms with van der Waals surface area (Å²) in [6, 6.07) is 12.7. The Morgan fingerprint density at radius 1 is 1.25 bits per heavy atom. The number of carbonyl (C=O) groups excluding carboxylic acids is 1. The van der Waals surface area contributed by atoms with E-state index in [2.05, 4.69) is 20.4 Å². The quantitative estimate of drug-likeness (QED) is 0.327. The molecule has 1 amide bonds. The lowest BCUT2D eigenvalue weighted by atomic mass is 10.1. The second kappa shape index (κ2) is 8.94. The van der Waals surface area contributed by atoms with Crippen LogP contribution in [0.15, 0.2) is 58.7 Å². The number of anilines is 1. The zero-order valence-electron chi connectivity index (χ0n) is 16.9. The van der Waals surface area contributed by atoms with Gasteiger partial charge in [0, 0.05) is 30.0 Å². The van der Waals surface area contributed by atoms with Crippen molar-refractivity contribution in [1.29, 1.82) is 0 Å². The molecular formula is C21H18N6O4S. The number of nitrogens with one attached hydrogen (secondary N) is 2. The molecule has 10 nitrogen and oxygen atoms in total. The Bertz CT molecular complexity index is 1330. The Hall–Kier alpha value is -4.12. The maximum absolute atomic E-state index is 12.7. The van der Waals surface area contributed by atoms with Gasteiger partial charge in [-0.3, -0.25) is 24.7 Å². The fourth-order valence-corrected chi connectivity index (χ4v) is 3.74. The largest absolute Gasteiger partial charge is 0.310 e. The van der Waals surface area contributed by atoms with Gasteiger partial charge < -0.3 is 5.32 Å². The third-order valence-corrected chi connectivity index (χ3v) is 5.50. The summed E-state index contributed by atoms with van der Waals surface area (Å²) in [5.41, 5.74) is 1.48. The van der Waals surface area contributed by atoms with E-state index in [0.29, 0.717) is 29.2 Å². The molecule has 4 aromatic rings. The van der Waals surface area contributed by atoms with Crippen LogP contribution in [0.1, 0.15) is 18.2 Å². The smallest absolute Gasteiger partial charge is 0.269 e. The van der Waals surface area contributed by atoms with Crippen molar-refractivity contribution in [3.63, 3.8) is 0 Å². The first kappa shape index (κ1) is 21.1. The highest BCUT2D eigenvalue weighted by molar-refractivity contribution is 7.13. The second-order valence-corrected chi connectivity index (χ2v) is 7.81. The standard InChI is InChI=1S/C21H18N6O4S/c1-2-14-11-20(29)24-21(22-14)26-18(12-16(25-26)17-4-3-9-32-17)23-19(28)10-13-5-7-15(8-6-13)27(30)31/h3-9,11-12H,2,10H2,1H3,(H,23,28)(H,22,24,29). The molecular weight excluding hydrogens is 432 g/mol. The zero-order valence-corrected chi connectivity index (χ0v) is 17.8. The molecule has 0 saturated carbocycles. The number of nitrogens with zero attached hydrogens (tertiary/aromatic N) is 4. The summed E-state index contributed by atoms with van der Waals surface area (Å²) >= 11 is 1.49. The molecule has 0 aliphatic carbocycles. The van der Waals surface area contributed by atoms with Crippen molar-refractivity contribution in [3.8, 4) is 16.5 Å². The van der Waals surface area contributed by atoms with Crippen LogP contribution in [0.3, 0.4) is 0 Å². The number of amides is 1. The first-order valence-corrected chi connectivity index (χ1v) is 10.6. The summed E-state index contributed by atoms with van der Waals surface area (Å²) in [7, 11) is 0. The van der Waals surface area contributed by atoms with Crippen molar-refractivity contribution in [2.45, 2.75) is 19.8 Å². The number of carbonyl (C=O) groups is 1. The maximum Gasteiger partial charge on any atom is 0.269 e. The molecule has 1 aromatic carbocycles. The zero-order chi connectivity index (χ0) is 22.7. The minimum atomic E-state index is -0.493. The number of thiophene rings is 1. The fourth-order valence-electron chi connectivity index (χ4n) is 3.06. The van der Waals surface area contributed by atoms with E-state index in [9.17, 15) is 19.7 Å². The average Bonchev–Trinajstić information content (AvgIpc) is 3.43. The summed E-state index contributed by atoms with van der Waals surface area (Å²) < 4.78 is 1.39. The van der Waals surface area contributed by atoms with Crippen LogP contribution in [-0.2, 0) is 17.6 Å². The molecule has 0 atom stereocenters. The molecule has 0 aliphatic heterocycles. The summed E-state index contributed by atoms with van der Waals surface area (Å²) in [4.78, 5) is 43.0. The summed E-state index contributed by atoms with van der Waals surface area (Å²) in [6.45, 7) is 1.89. The second-order valence-electron chi connectivity index (χ2n) is 6.87. The average molecular weight is 450 g/mol. The Labute approximate surface area is 185 Å². The summed E-state index contributed by atoms with van der Waals surface area (Å²) in [5, 5.41) is 20.1. The Morgan fingerprint density at radius 2 is 2.03 bits per heavy atom. The number of H-pyrrole nitrogens is 1. The number of rotatable bonds is 7. The van der Waals surface area contributed by atoms with Gasteiger partial charge in [-0.2, -0.15) is 9.78 Å². The topological polar surface area (TPSA) is 136 Å². The van der Waals surface area contributed by atoms with Crippen LogP contribution in [0.4, 0.5) is 11.5 Å². The molecule has 0 aliphatic rings. The fraction of sp³-hybridized carbons (Fsp3) is 0.143. The van der Waals surface area contributed by atoms with Crippen LogP contribution in [0.5, 0.6) is 0 Å². The third kappa shape index (κ3) is 4.62. The first-order valence-electron chi connectivity index (χ1n) is 9.70. The van der Waals surface area contributed by atoms with E-state index < -0.39 is 4.92 Å². The number of nitro benzene ring substituents is 1. The maximum atomic E-state index is 12.7. The first-order chi connectivity index (χ1) is 15.4. The van der Waals surface area contributed by atoms with E-state index in [1.807, 2.05) is 24.4 Å². The molecule has 0 fully saturated rings. The van der Waals surface area contributed by atoms with E-state index in [1.165, 1.54) is 46.4 Å². The van der Waals surface area contributed by atoms with E-state index in [4.69, 9.17) is 0 Å². The van der Waals surface area contributed by atoms with Crippen molar-refractivity contribution < 1.29 is 9.72 Å². The lowest BCUT2D eigenvalue weighted by Gasteiger charge is -2.09. The van der Waals surface area contributed by atoms with Gasteiger partial charge >= 0.3 is 0 Å². The molecule has 162 valence electrons. The van der Waals surface area contributed by atoms with Gasteiger partial charge in [-0.25, -0.2) is 4.98 Å². The van der Waals surface area contributed by atoms with E-state index in [-0.39, 0.29) is 29.5 Å². The molecule has 11 heteroatoms. The van der Waals surface area contributed by atoms with Crippen molar-refractivity contribution in [1.82, 2.24) is 19.7 Å². The Kier molecular flexibility index (Phi) is 5.90. The number of aromatic amines is 1. The van der Waals surface area contributed by atoms with Crippen LogP contribution in [0.25, 0.3) is 16.5 Å². The lowest BCUT2D eigenvalue weighted by molar-refractivity contribution is -0.384.